The lowest BCUT2D eigenvalue weighted by Crippen LogP contribution is -2.16. The van der Waals surface area contributed by atoms with E-state index < -0.39 is 0 Å². The first-order valence-corrected chi connectivity index (χ1v) is 6.93. The smallest absolute Gasteiger partial charge is 0.150 e. The lowest BCUT2D eigenvalue weighted by Gasteiger charge is -2.04. The summed E-state index contributed by atoms with van der Waals surface area (Å²) in [5, 5.41) is 3.03. The van der Waals surface area contributed by atoms with Gasteiger partial charge >= 0.3 is 0 Å². The lowest BCUT2D eigenvalue weighted by molar-refractivity contribution is 0.112. The SMILES string of the molecule is CC/C=C(\CC)[SiH2]c1ccc(C=O)cc1. The molecule has 0 heterocycles. The van der Waals surface area contributed by atoms with Gasteiger partial charge in [-0.25, -0.2) is 0 Å². The first-order chi connectivity index (χ1) is 7.30. The topological polar surface area (TPSA) is 17.1 Å². The van der Waals surface area contributed by atoms with Crippen molar-refractivity contribution in [3.8, 4) is 0 Å². The number of hydrogen-bond donors (Lipinski definition) is 0. The minimum atomic E-state index is -0.287. The minimum absolute atomic E-state index is 0.287. The molecule has 0 amide bonds. The molecule has 1 aromatic rings. The third-order valence-corrected chi connectivity index (χ3v) is 4.62. The van der Waals surface area contributed by atoms with Gasteiger partial charge in [0.15, 0.2) is 0 Å². The summed E-state index contributed by atoms with van der Waals surface area (Å²) in [4.78, 5) is 10.5. The van der Waals surface area contributed by atoms with Crippen molar-refractivity contribution in [2.75, 3.05) is 0 Å². The molecule has 1 nitrogen and oxygen atoms in total. The van der Waals surface area contributed by atoms with Crippen LogP contribution in [0, 0.1) is 0 Å². The van der Waals surface area contributed by atoms with Crippen LogP contribution in [0.1, 0.15) is 37.0 Å². The summed E-state index contributed by atoms with van der Waals surface area (Å²) in [5.74, 6) is 0. The number of benzene rings is 1. The number of aldehydes is 1. The molecule has 0 saturated carbocycles. The van der Waals surface area contributed by atoms with Crippen LogP contribution in [-0.4, -0.2) is 15.8 Å². The summed E-state index contributed by atoms with van der Waals surface area (Å²) < 4.78 is 0. The summed E-state index contributed by atoms with van der Waals surface area (Å²) in [6, 6.07) is 8.01. The van der Waals surface area contributed by atoms with Gasteiger partial charge in [-0.05, 0) is 12.8 Å². The monoisotopic (exact) mass is 218 g/mol. The van der Waals surface area contributed by atoms with Crippen molar-refractivity contribution in [2.24, 2.45) is 0 Å². The molecule has 1 aromatic carbocycles. The Bertz CT molecular complexity index is 338. The molecule has 0 aliphatic heterocycles. The van der Waals surface area contributed by atoms with E-state index in [1.54, 1.807) is 5.20 Å². The average Bonchev–Trinajstić information content (AvgIpc) is 2.29. The van der Waals surface area contributed by atoms with Gasteiger partial charge in [0.1, 0.15) is 6.29 Å². The van der Waals surface area contributed by atoms with E-state index >= 15 is 0 Å². The van der Waals surface area contributed by atoms with Crippen LogP contribution in [0.15, 0.2) is 35.5 Å². The molecule has 0 fully saturated rings. The second-order valence-corrected chi connectivity index (χ2v) is 5.74. The minimum Gasteiger partial charge on any atom is -0.298 e. The van der Waals surface area contributed by atoms with Crippen LogP contribution >= 0.6 is 0 Å². The van der Waals surface area contributed by atoms with Crippen molar-refractivity contribution >= 4 is 21.0 Å². The maximum absolute atomic E-state index is 10.5. The lowest BCUT2D eigenvalue weighted by atomic mass is 10.2. The van der Waals surface area contributed by atoms with Gasteiger partial charge in [-0.2, -0.15) is 0 Å². The Morgan fingerprint density at radius 1 is 1.27 bits per heavy atom. The highest BCUT2D eigenvalue weighted by Gasteiger charge is 1.98. The first kappa shape index (κ1) is 11.9. The van der Waals surface area contributed by atoms with Gasteiger partial charge in [-0.15, -0.1) is 0 Å². The van der Waals surface area contributed by atoms with Gasteiger partial charge < -0.3 is 0 Å². The normalized spacial score (nSPS) is 12.3. The van der Waals surface area contributed by atoms with E-state index in [2.05, 4.69) is 32.1 Å². The van der Waals surface area contributed by atoms with Crippen molar-refractivity contribution in [1.29, 1.82) is 0 Å². The fraction of sp³-hybridized carbons (Fsp3) is 0.308. The zero-order chi connectivity index (χ0) is 11.1. The molecule has 2 heteroatoms. The van der Waals surface area contributed by atoms with Crippen LogP contribution in [0.2, 0.25) is 0 Å². The molecule has 0 saturated heterocycles. The molecular formula is C13H18OSi. The third kappa shape index (κ3) is 3.84. The Kier molecular flexibility index (Phi) is 5.05. The maximum Gasteiger partial charge on any atom is 0.150 e. The summed E-state index contributed by atoms with van der Waals surface area (Å²) in [7, 11) is -0.287. The second kappa shape index (κ2) is 6.35. The maximum atomic E-state index is 10.5. The summed E-state index contributed by atoms with van der Waals surface area (Å²) >= 11 is 0. The molecule has 1 rings (SSSR count). The Hall–Kier alpha value is -1.15. The number of carbonyl (C=O) groups is 1. The first-order valence-electron chi connectivity index (χ1n) is 5.52. The highest BCUT2D eigenvalue weighted by Crippen LogP contribution is 2.01. The van der Waals surface area contributed by atoms with Crippen LogP contribution < -0.4 is 5.19 Å². The van der Waals surface area contributed by atoms with E-state index in [4.69, 9.17) is 0 Å². The van der Waals surface area contributed by atoms with Crippen LogP contribution in [0.5, 0.6) is 0 Å². The van der Waals surface area contributed by atoms with Crippen LogP contribution in [0.4, 0.5) is 0 Å². The van der Waals surface area contributed by atoms with Gasteiger partial charge in [-0.3, -0.25) is 4.79 Å². The molecule has 80 valence electrons. The Balaban J connectivity index is 2.71. The highest BCUT2D eigenvalue weighted by atomic mass is 28.2. The number of rotatable bonds is 5. The van der Waals surface area contributed by atoms with Crippen molar-refractivity contribution in [3.05, 3.63) is 41.1 Å². The van der Waals surface area contributed by atoms with Gasteiger partial charge in [-0.1, -0.05) is 54.6 Å². The molecule has 0 aliphatic rings. The standard InChI is InChI=1S/C13H18OSi/c1-3-5-12(4-2)15-13-8-6-11(10-14)7-9-13/h5-10H,3-4,15H2,1-2H3/b12-5+. The zero-order valence-corrected chi connectivity index (χ0v) is 10.9. The summed E-state index contributed by atoms with van der Waals surface area (Å²) in [6.07, 6.45) is 5.53. The van der Waals surface area contributed by atoms with Crippen LogP contribution in [0.25, 0.3) is 0 Å². The Morgan fingerprint density at radius 3 is 2.40 bits per heavy atom. The van der Waals surface area contributed by atoms with Crippen LogP contribution in [0.3, 0.4) is 0 Å². The van der Waals surface area contributed by atoms with Gasteiger partial charge in [0.25, 0.3) is 0 Å². The molecular weight excluding hydrogens is 200 g/mol. The van der Waals surface area contributed by atoms with Crippen molar-refractivity contribution in [1.82, 2.24) is 0 Å². The fourth-order valence-corrected chi connectivity index (χ4v) is 3.29. The number of allylic oxidation sites excluding steroid dienone is 2. The molecule has 0 atom stereocenters. The third-order valence-electron chi connectivity index (χ3n) is 2.49. The molecule has 0 aromatic heterocycles. The average molecular weight is 218 g/mol. The largest absolute Gasteiger partial charge is 0.298 e. The Labute approximate surface area is 94.0 Å². The molecule has 0 radical (unpaired) electrons. The van der Waals surface area contributed by atoms with E-state index in [0.29, 0.717) is 0 Å². The molecule has 0 N–H and O–H groups in total. The van der Waals surface area contributed by atoms with Crippen LogP contribution in [-0.2, 0) is 0 Å². The molecule has 0 unspecified atom stereocenters. The quantitative estimate of drug-likeness (QED) is 0.546. The highest BCUT2D eigenvalue weighted by molar-refractivity contribution is 6.60. The predicted octanol–water partition coefficient (Wildman–Crippen LogP) is 2.00. The molecule has 0 bridgehead atoms. The van der Waals surface area contributed by atoms with E-state index in [1.807, 2.05) is 12.1 Å². The van der Waals surface area contributed by atoms with Gasteiger partial charge in [0.05, 0.1) is 9.52 Å². The van der Waals surface area contributed by atoms with E-state index in [1.165, 1.54) is 5.19 Å². The van der Waals surface area contributed by atoms with E-state index in [0.717, 1.165) is 24.7 Å². The predicted molar refractivity (Wildman–Crippen MR) is 68.7 cm³/mol. The zero-order valence-electron chi connectivity index (χ0n) is 9.49. The summed E-state index contributed by atoms with van der Waals surface area (Å²) in [6.45, 7) is 4.40. The molecule has 15 heavy (non-hydrogen) atoms. The summed E-state index contributed by atoms with van der Waals surface area (Å²) in [5.41, 5.74) is 0.769. The second-order valence-electron chi connectivity index (χ2n) is 3.66. The number of hydrogen-bond acceptors (Lipinski definition) is 1. The molecule has 0 aliphatic carbocycles. The van der Waals surface area contributed by atoms with Crippen molar-refractivity contribution in [3.63, 3.8) is 0 Å². The fourth-order valence-electron chi connectivity index (χ4n) is 1.61. The molecule has 0 spiro atoms. The van der Waals surface area contributed by atoms with E-state index in [9.17, 15) is 4.79 Å². The van der Waals surface area contributed by atoms with E-state index in [-0.39, 0.29) is 9.52 Å². The Morgan fingerprint density at radius 2 is 1.93 bits per heavy atom. The van der Waals surface area contributed by atoms with Crippen molar-refractivity contribution in [2.45, 2.75) is 26.7 Å². The van der Waals surface area contributed by atoms with Crippen molar-refractivity contribution < 1.29 is 4.79 Å². The number of carbonyl (C=O) groups excluding carboxylic acids is 1. The van der Waals surface area contributed by atoms with Gasteiger partial charge in [0, 0.05) is 5.56 Å². The van der Waals surface area contributed by atoms with Gasteiger partial charge in [0.2, 0.25) is 0 Å².